The lowest BCUT2D eigenvalue weighted by Gasteiger charge is -2.15. The van der Waals surface area contributed by atoms with Crippen molar-refractivity contribution in [1.29, 1.82) is 0 Å². The Kier molecular flexibility index (Phi) is 5.14. The van der Waals surface area contributed by atoms with E-state index >= 15 is 0 Å². The highest BCUT2D eigenvalue weighted by Crippen LogP contribution is 2.32. The van der Waals surface area contributed by atoms with Crippen LogP contribution < -0.4 is 10.1 Å². The molecule has 2 rings (SSSR count). The first-order valence-corrected chi connectivity index (χ1v) is 7.46. The van der Waals surface area contributed by atoms with E-state index in [9.17, 15) is 0 Å². The summed E-state index contributed by atoms with van der Waals surface area (Å²) in [6.07, 6.45) is 1.90. The highest BCUT2D eigenvalue weighted by Gasteiger charge is 2.15. The number of ether oxygens (including phenoxy) is 1. The maximum absolute atomic E-state index is 5.47. The van der Waals surface area contributed by atoms with Crippen LogP contribution in [0.4, 0.5) is 5.82 Å². The van der Waals surface area contributed by atoms with Crippen molar-refractivity contribution in [2.75, 3.05) is 19.0 Å². The van der Waals surface area contributed by atoms with E-state index in [0.717, 1.165) is 53.6 Å². The van der Waals surface area contributed by atoms with Crippen LogP contribution in [0, 0.1) is 6.92 Å². The molecule has 0 spiro atoms. The Balaban J connectivity index is 2.60. The van der Waals surface area contributed by atoms with E-state index in [-0.39, 0.29) is 0 Å². The fraction of sp³-hybridized carbons (Fsp3) is 0.412. The standard InChI is InChI=1S/C17H23N3O/c1-5-9-15-19-16(12(3)17(20-15)18-6-2)13-10-7-8-11-14(13)21-4/h7-8,10-11H,5-6,9H2,1-4H3,(H,18,19,20). The summed E-state index contributed by atoms with van der Waals surface area (Å²) in [5, 5.41) is 3.33. The molecule has 0 fully saturated rings. The van der Waals surface area contributed by atoms with E-state index in [1.807, 2.05) is 24.3 Å². The third-order valence-electron chi connectivity index (χ3n) is 3.37. The predicted octanol–water partition coefficient (Wildman–Crippen LogP) is 3.84. The number of para-hydroxylation sites is 1. The molecule has 1 aromatic carbocycles. The zero-order valence-corrected chi connectivity index (χ0v) is 13.2. The molecule has 0 aliphatic carbocycles. The van der Waals surface area contributed by atoms with Crippen LogP contribution in [0.5, 0.6) is 5.75 Å². The topological polar surface area (TPSA) is 47.0 Å². The SMILES string of the molecule is CCCc1nc(NCC)c(C)c(-c2ccccc2OC)n1. The van der Waals surface area contributed by atoms with Crippen molar-refractivity contribution in [2.24, 2.45) is 0 Å². The fourth-order valence-electron chi connectivity index (χ4n) is 2.34. The molecule has 0 amide bonds. The van der Waals surface area contributed by atoms with Gasteiger partial charge in [-0.2, -0.15) is 0 Å². The van der Waals surface area contributed by atoms with Gasteiger partial charge in [-0.3, -0.25) is 0 Å². The molecule has 1 aromatic heterocycles. The van der Waals surface area contributed by atoms with Gasteiger partial charge in [-0.05, 0) is 32.4 Å². The van der Waals surface area contributed by atoms with E-state index in [1.54, 1.807) is 7.11 Å². The first-order valence-electron chi connectivity index (χ1n) is 7.46. The number of aryl methyl sites for hydroxylation is 1. The number of hydrogen-bond acceptors (Lipinski definition) is 4. The molecule has 4 nitrogen and oxygen atoms in total. The van der Waals surface area contributed by atoms with Crippen LogP contribution >= 0.6 is 0 Å². The van der Waals surface area contributed by atoms with Gasteiger partial charge in [0.15, 0.2) is 0 Å². The van der Waals surface area contributed by atoms with Crippen LogP contribution in [0.3, 0.4) is 0 Å². The number of benzene rings is 1. The third kappa shape index (κ3) is 3.32. The summed E-state index contributed by atoms with van der Waals surface area (Å²) in [6.45, 7) is 7.10. The minimum atomic E-state index is 0.837. The molecular weight excluding hydrogens is 262 g/mol. The number of methoxy groups -OCH3 is 1. The lowest BCUT2D eigenvalue weighted by atomic mass is 10.1. The van der Waals surface area contributed by atoms with E-state index in [1.165, 1.54) is 0 Å². The van der Waals surface area contributed by atoms with Gasteiger partial charge in [0.25, 0.3) is 0 Å². The Bertz CT molecular complexity index is 611. The molecule has 0 bridgehead atoms. The first-order chi connectivity index (χ1) is 10.2. The molecule has 0 aliphatic heterocycles. The first kappa shape index (κ1) is 15.3. The van der Waals surface area contributed by atoms with E-state index in [2.05, 4.69) is 31.1 Å². The monoisotopic (exact) mass is 285 g/mol. The van der Waals surface area contributed by atoms with Crippen molar-refractivity contribution < 1.29 is 4.74 Å². The van der Waals surface area contributed by atoms with E-state index in [4.69, 9.17) is 9.72 Å². The van der Waals surface area contributed by atoms with Crippen LogP contribution in [0.15, 0.2) is 24.3 Å². The molecular formula is C17H23N3O. The Morgan fingerprint density at radius 2 is 1.90 bits per heavy atom. The van der Waals surface area contributed by atoms with Crippen molar-refractivity contribution >= 4 is 5.82 Å². The van der Waals surface area contributed by atoms with Gasteiger partial charge in [0.2, 0.25) is 0 Å². The molecule has 0 atom stereocenters. The maximum Gasteiger partial charge on any atom is 0.133 e. The van der Waals surface area contributed by atoms with Crippen LogP contribution in [-0.4, -0.2) is 23.6 Å². The largest absolute Gasteiger partial charge is 0.496 e. The third-order valence-corrected chi connectivity index (χ3v) is 3.37. The van der Waals surface area contributed by atoms with Crippen LogP contribution in [0.1, 0.15) is 31.7 Å². The normalized spacial score (nSPS) is 10.5. The van der Waals surface area contributed by atoms with Crippen LogP contribution in [0.2, 0.25) is 0 Å². The summed E-state index contributed by atoms with van der Waals surface area (Å²) in [5.74, 6) is 2.63. The van der Waals surface area contributed by atoms with Gasteiger partial charge >= 0.3 is 0 Å². The molecule has 1 heterocycles. The molecule has 0 unspecified atom stereocenters. The summed E-state index contributed by atoms with van der Waals surface area (Å²) in [7, 11) is 1.69. The number of nitrogens with zero attached hydrogens (tertiary/aromatic N) is 2. The number of hydrogen-bond donors (Lipinski definition) is 1. The second-order valence-corrected chi connectivity index (χ2v) is 4.94. The van der Waals surface area contributed by atoms with Crippen molar-refractivity contribution in [3.05, 3.63) is 35.7 Å². The summed E-state index contributed by atoms with van der Waals surface area (Å²) < 4.78 is 5.47. The molecule has 0 aliphatic rings. The fourth-order valence-corrected chi connectivity index (χ4v) is 2.34. The van der Waals surface area contributed by atoms with Crippen molar-refractivity contribution in [1.82, 2.24) is 9.97 Å². The summed E-state index contributed by atoms with van der Waals surface area (Å²) in [4.78, 5) is 9.38. The molecule has 21 heavy (non-hydrogen) atoms. The maximum atomic E-state index is 5.47. The Labute approximate surface area is 126 Å². The van der Waals surface area contributed by atoms with Gasteiger partial charge in [0, 0.05) is 24.1 Å². The average molecular weight is 285 g/mol. The molecule has 1 N–H and O–H groups in total. The molecule has 112 valence electrons. The molecule has 0 saturated heterocycles. The highest BCUT2D eigenvalue weighted by molar-refractivity contribution is 5.73. The average Bonchev–Trinajstić information content (AvgIpc) is 2.51. The summed E-state index contributed by atoms with van der Waals surface area (Å²) in [5.41, 5.74) is 3.01. The number of aromatic nitrogens is 2. The van der Waals surface area contributed by atoms with E-state index in [0.29, 0.717) is 0 Å². The Morgan fingerprint density at radius 3 is 2.57 bits per heavy atom. The zero-order valence-electron chi connectivity index (χ0n) is 13.2. The molecule has 4 heteroatoms. The van der Waals surface area contributed by atoms with Crippen molar-refractivity contribution in [3.8, 4) is 17.0 Å². The molecule has 0 saturated carbocycles. The van der Waals surface area contributed by atoms with Gasteiger partial charge in [-0.15, -0.1) is 0 Å². The Morgan fingerprint density at radius 1 is 1.14 bits per heavy atom. The molecule has 0 radical (unpaired) electrons. The van der Waals surface area contributed by atoms with Crippen LogP contribution in [-0.2, 0) is 6.42 Å². The minimum absolute atomic E-state index is 0.837. The smallest absolute Gasteiger partial charge is 0.133 e. The van der Waals surface area contributed by atoms with Crippen molar-refractivity contribution in [2.45, 2.75) is 33.6 Å². The minimum Gasteiger partial charge on any atom is -0.496 e. The highest BCUT2D eigenvalue weighted by atomic mass is 16.5. The van der Waals surface area contributed by atoms with Gasteiger partial charge < -0.3 is 10.1 Å². The van der Waals surface area contributed by atoms with Gasteiger partial charge in [0.05, 0.1) is 12.8 Å². The van der Waals surface area contributed by atoms with Gasteiger partial charge in [0.1, 0.15) is 17.4 Å². The number of anilines is 1. The van der Waals surface area contributed by atoms with Crippen LogP contribution in [0.25, 0.3) is 11.3 Å². The number of nitrogens with one attached hydrogen (secondary N) is 1. The second kappa shape index (κ2) is 7.07. The van der Waals surface area contributed by atoms with Gasteiger partial charge in [-0.1, -0.05) is 19.1 Å². The summed E-state index contributed by atoms with van der Waals surface area (Å²) >= 11 is 0. The van der Waals surface area contributed by atoms with Crippen molar-refractivity contribution in [3.63, 3.8) is 0 Å². The zero-order chi connectivity index (χ0) is 15.2. The quantitative estimate of drug-likeness (QED) is 0.876. The number of rotatable bonds is 6. The molecule has 2 aromatic rings. The Hall–Kier alpha value is -2.10. The summed E-state index contributed by atoms with van der Waals surface area (Å²) in [6, 6.07) is 7.98. The van der Waals surface area contributed by atoms with Gasteiger partial charge in [-0.25, -0.2) is 9.97 Å². The lowest BCUT2D eigenvalue weighted by molar-refractivity contribution is 0.416. The van der Waals surface area contributed by atoms with E-state index < -0.39 is 0 Å². The predicted molar refractivity (Wildman–Crippen MR) is 86.9 cm³/mol. The lowest BCUT2D eigenvalue weighted by Crippen LogP contribution is -2.08. The second-order valence-electron chi connectivity index (χ2n) is 4.94.